The van der Waals surface area contributed by atoms with Gasteiger partial charge >= 0.3 is 5.97 Å². The van der Waals surface area contributed by atoms with E-state index in [1.807, 2.05) is 55.5 Å². The van der Waals surface area contributed by atoms with Crippen molar-refractivity contribution in [2.45, 2.75) is 23.8 Å². The van der Waals surface area contributed by atoms with Crippen molar-refractivity contribution in [2.75, 3.05) is 19.5 Å². The molecule has 0 radical (unpaired) electrons. The van der Waals surface area contributed by atoms with Gasteiger partial charge in [0.2, 0.25) is 11.1 Å². The lowest BCUT2D eigenvalue weighted by molar-refractivity contribution is -0.115. The Balaban J connectivity index is 1.64. The summed E-state index contributed by atoms with van der Waals surface area (Å²) in [7, 11) is 3.20. The fourth-order valence-corrected chi connectivity index (χ4v) is 4.71. The van der Waals surface area contributed by atoms with Gasteiger partial charge in [-0.1, -0.05) is 30.3 Å². The minimum atomic E-state index is -1.18. The van der Waals surface area contributed by atoms with Gasteiger partial charge in [0.1, 0.15) is 22.9 Å². The summed E-state index contributed by atoms with van der Waals surface area (Å²) < 4.78 is 10.6. The number of carboxylic acid groups (broad SMARTS) is 1. The lowest BCUT2D eigenvalue weighted by Crippen LogP contribution is -2.25. The Morgan fingerprint density at radius 3 is 2.05 bits per heavy atom. The molecule has 0 fully saturated rings. The molecule has 0 aliphatic carbocycles. The Bertz CT molecular complexity index is 1480. The summed E-state index contributed by atoms with van der Waals surface area (Å²) in [6.45, 7) is 1.87. The van der Waals surface area contributed by atoms with Gasteiger partial charge in [0, 0.05) is 16.8 Å². The van der Waals surface area contributed by atoms with Gasteiger partial charge in [0.15, 0.2) is 0 Å². The van der Waals surface area contributed by atoms with E-state index < -0.39 is 11.2 Å². The average molecular weight is 565 g/mol. The first-order valence-corrected chi connectivity index (χ1v) is 13.1. The predicted molar refractivity (Wildman–Crippen MR) is 151 cm³/mol. The third kappa shape index (κ3) is 6.65. The maximum absolute atomic E-state index is 13.1. The number of thioether (sulfide) groups is 1. The van der Waals surface area contributed by atoms with Crippen LogP contribution in [-0.4, -0.2) is 51.6 Å². The Labute approximate surface area is 234 Å². The zero-order valence-corrected chi connectivity index (χ0v) is 22.9. The van der Waals surface area contributed by atoms with Crippen LogP contribution in [0.5, 0.6) is 11.5 Å². The van der Waals surface area contributed by atoms with Crippen molar-refractivity contribution in [3.8, 4) is 34.0 Å². The molecule has 1 heterocycles. The highest BCUT2D eigenvalue weighted by Gasteiger charge is 2.22. The number of rotatable bonds is 10. The summed E-state index contributed by atoms with van der Waals surface area (Å²) in [6, 6.07) is 19.2. The molecule has 4 aromatic rings. The number of carboxylic acids is 1. The van der Waals surface area contributed by atoms with E-state index in [1.165, 1.54) is 23.9 Å². The molecule has 39 heavy (non-hydrogen) atoms. The van der Waals surface area contributed by atoms with Crippen LogP contribution in [0, 0.1) is 0 Å². The summed E-state index contributed by atoms with van der Waals surface area (Å²) in [4.78, 5) is 29.3. The van der Waals surface area contributed by atoms with E-state index in [-0.39, 0.29) is 16.5 Å². The number of amides is 1. The van der Waals surface area contributed by atoms with Gasteiger partial charge < -0.3 is 19.9 Å². The number of carbonyl (C=O) groups is 2. The second-order valence-electron chi connectivity index (χ2n) is 8.25. The Kier molecular flexibility index (Phi) is 9.00. The number of ether oxygens (including phenoxy) is 2. The SMILES string of the molecule is CCC(Sc1nnc(-c2ccc(OC)cc2)c(-c2ccc(OC)cc2)n1)C(=O)Nc1ccc(Cl)c(C(=O)O)c1. The summed E-state index contributed by atoms with van der Waals surface area (Å²) in [5.41, 5.74) is 3.01. The number of hydrogen-bond acceptors (Lipinski definition) is 8. The molecular weight excluding hydrogens is 540 g/mol. The topological polar surface area (TPSA) is 124 Å². The highest BCUT2D eigenvalue weighted by atomic mass is 35.5. The third-order valence-corrected chi connectivity index (χ3v) is 7.31. The molecule has 1 unspecified atom stereocenters. The molecule has 0 spiro atoms. The Hall–Kier alpha value is -4.15. The van der Waals surface area contributed by atoms with Crippen molar-refractivity contribution in [3.63, 3.8) is 0 Å². The van der Waals surface area contributed by atoms with Gasteiger partial charge in [-0.15, -0.1) is 10.2 Å². The van der Waals surface area contributed by atoms with Gasteiger partial charge in [0.05, 0.1) is 30.1 Å². The first kappa shape index (κ1) is 27.9. The monoisotopic (exact) mass is 564 g/mol. The number of nitrogens with zero attached hydrogens (tertiary/aromatic N) is 3. The highest BCUT2D eigenvalue weighted by molar-refractivity contribution is 8.00. The number of carbonyl (C=O) groups excluding carboxylic acids is 1. The van der Waals surface area contributed by atoms with Crippen molar-refractivity contribution >= 4 is 40.9 Å². The number of aromatic nitrogens is 3. The number of nitrogens with one attached hydrogen (secondary N) is 1. The summed E-state index contributed by atoms with van der Waals surface area (Å²) in [6.07, 6.45) is 0.470. The molecule has 1 amide bonds. The fourth-order valence-electron chi connectivity index (χ4n) is 3.69. The quantitative estimate of drug-likeness (QED) is 0.220. The summed E-state index contributed by atoms with van der Waals surface area (Å²) >= 11 is 7.12. The zero-order valence-electron chi connectivity index (χ0n) is 21.3. The van der Waals surface area contributed by atoms with Crippen molar-refractivity contribution < 1.29 is 24.2 Å². The van der Waals surface area contributed by atoms with Crippen LogP contribution < -0.4 is 14.8 Å². The van der Waals surface area contributed by atoms with Crippen LogP contribution in [0.3, 0.4) is 0 Å². The predicted octanol–water partition coefficient (Wildman–Crippen LogP) is 6.08. The second kappa shape index (κ2) is 12.6. The first-order valence-electron chi connectivity index (χ1n) is 11.9. The number of benzene rings is 3. The van der Waals surface area contributed by atoms with Crippen LogP contribution in [0.1, 0.15) is 23.7 Å². The van der Waals surface area contributed by atoms with Gasteiger partial charge in [-0.2, -0.15) is 0 Å². The van der Waals surface area contributed by atoms with E-state index in [0.717, 1.165) is 11.1 Å². The Morgan fingerprint density at radius 1 is 0.923 bits per heavy atom. The molecule has 1 atom stereocenters. The first-order chi connectivity index (χ1) is 18.8. The molecule has 3 aromatic carbocycles. The van der Waals surface area contributed by atoms with Crippen LogP contribution in [0.4, 0.5) is 5.69 Å². The van der Waals surface area contributed by atoms with Gasteiger partial charge in [-0.3, -0.25) is 4.79 Å². The zero-order chi connectivity index (χ0) is 27.9. The molecule has 9 nitrogen and oxygen atoms in total. The van der Waals surface area contributed by atoms with Crippen LogP contribution in [-0.2, 0) is 4.79 Å². The van der Waals surface area contributed by atoms with Crippen LogP contribution in [0.25, 0.3) is 22.5 Å². The molecule has 0 bridgehead atoms. The standard InChI is InChI=1S/C28H25ClN4O5S/c1-4-23(26(34)30-18-9-14-22(29)21(15-18)27(35)36)39-28-31-24(16-5-10-19(37-2)11-6-16)25(32-33-28)17-7-12-20(38-3)13-8-17/h5-15,23H,4H2,1-3H3,(H,30,34)(H,35,36). The molecule has 0 aliphatic heterocycles. The molecular formula is C28H25ClN4O5S. The average Bonchev–Trinajstić information content (AvgIpc) is 2.96. The van der Waals surface area contributed by atoms with E-state index in [9.17, 15) is 14.7 Å². The summed E-state index contributed by atoms with van der Waals surface area (Å²) in [5.74, 6) is -0.0851. The van der Waals surface area contributed by atoms with E-state index in [2.05, 4.69) is 15.5 Å². The maximum atomic E-state index is 13.1. The molecule has 1 aromatic heterocycles. The van der Waals surface area contributed by atoms with Crippen LogP contribution in [0.2, 0.25) is 5.02 Å². The molecule has 200 valence electrons. The van der Waals surface area contributed by atoms with E-state index in [0.29, 0.717) is 40.2 Å². The van der Waals surface area contributed by atoms with Crippen LogP contribution >= 0.6 is 23.4 Å². The molecule has 11 heteroatoms. The Morgan fingerprint density at radius 2 is 1.51 bits per heavy atom. The van der Waals surface area contributed by atoms with Gasteiger partial charge in [-0.25, -0.2) is 9.78 Å². The lowest BCUT2D eigenvalue weighted by atomic mass is 10.0. The normalized spacial score (nSPS) is 11.5. The van der Waals surface area contributed by atoms with Gasteiger partial charge in [0.25, 0.3) is 0 Å². The number of aromatic carboxylic acids is 1. The van der Waals surface area contributed by atoms with E-state index in [1.54, 1.807) is 20.3 Å². The van der Waals surface area contributed by atoms with Crippen molar-refractivity contribution in [3.05, 3.63) is 77.3 Å². The smallest absolute Gasteiger partial charge is 0.337 e. The fraction of sp³-hybridized carbons (Fsp3) is 0.179. The minimum absolute atomic E-state index is 0.0874. The van der Waals surface area contributed by atoms with E-state index in [4.69, 9.17) is 26.1 Å². The highest BCUT2D eigenvalue weighted by Crippen LogP contribution is 2.33. The van der Waals surface area contributed by atoms with Gasteiger partial charge in [-0.05, 0) is 73.2 Å². The largest absolute Gasteiger partial charge is 0.497 e. The summed E-state index contributed by atoms with van der Waals surface area (Å²) in [5, 5.41) is 20.7. The maximum Gasteiger partial charge on any atom is 0.337 e. The second-order valence-corrected chi connectivity index (χ2v) is 9.83. The van der Waals surface area contributed by atoms with Crippen LogP contribution in [0.15, 0.2) is 71.9 Å². The van der Waals surface area contributed by atoms with Crippen molar-refractivity contribution in [1.82, 2.24) is 15.2 Å². The molecule has 0 saturated heterocycles. The van der Waals surface area contributed by atoms with Crippen molar-refractivity contribution in [2.24, 2.45) is 0 Å². The lowest BCUT2D eigenvalue weighted by Gasteiger charge is -2.15. The number of methoxy groups -OCH3 is 2. The molecule has 4 rings (SSSR count). The van der Waals surface area contributed by atoms with E-state index >= 15 is 0 Å². The molecule has 2 N–H and O–H groups in total. The van der Waals surface area contributed by atoms with Crippen molar-refractivity contribution in [1.29, 1.82) is 0 Å². The third-order valence-electron chi connectivity index (χ3n) is 5.77. The number of hydrogen-bond donors (Lipinski definition) is 2. The molecule has 0 saturated carbocycles. The minimum Gasteiger partial charge on any atom is -0.497 e. The number of halogens is 1. The number of anilines is 1. The molecule has 0 aliphatic rings.